The van der Waals surface area contributed by atoms with Gasteiger partial charge < -0.3 is 14.8 Å². The minimum absolute atomic E-state index is 0.144. The first-order valence-corrected chi connectivity index (χ1v) is 8.98. The van der Waals surface area contributed by atoms with E-state index >= 15 is 0 Å². The number of aromatic nitrogens is 3. The number of ether oxygens (including phenoxy) is 2. The van der Waals surface area contributed by atoms with Crippen molar-refractivity contribution in [2.75, 3.05) is 26.1 Å². The number of hydrogen-bond donors (Lipinski definition) is 2. The summed E-state index contributed by atoms with van der Waals surface area (Å²) in [5.74, 6) is 0.764. The topological polar surface area (TPSA) is 98.3 Å². The largest absolute Gasteiger partial charge is 0.354 e. The van der Waals surface area contributed by atoms with Crippen molar-refractivity contribution in [3.8, 4) is 10.6 Å². The molecule has 2 amide bonds. The average Bonchev–Trinajstić information content (AvgIpc) is 2.95. The number of nitrogens with zero attached hydrogens (tertiary/aromatic N) is 3. The number of rotatable bonds is 6. The second kappa shape index (κ2) is 8.52. The predicted molar refractivity (Wildman–Crippen MR) is 101 cm³/mol. The van der Waals surface area contributed by atoms with Gasteiger partial charge in [-0.15, -0.1) is 0 Å². The summed E-state index contributed by atoms with van der Waals surface area (Å²) in [4.78, 5) is 26.3. The SMILES string of the molecule is COC(CNC(=O)Nc1nc(C)c(-c2ccnc(C(C)(C)C)n2)s1)OC. The van der Waals surface area contributed by atoms with Crippen molar-refractivity contribution in [1.29, 1.82) is 0 Å². The van der Waals surface area contributed by atoms with Crippen molar-refractivity contribution < 1.29 is 14.3 Å². The Balaban J connectivity index is 2.11. The molecule has 2 N–H and O–H groups in total. The summed E-state index contributed by atoms with van der Waals surface area (Å²) in [6.07, 6.45) is 1.25. The molecule has 2 aromatic rings. The molecule has 2 aromatic heterocycles. The van der Waals surface area contributed by atoms with Crippen LogP contribution in [0.3, 0.4) is 0 Å². The lowest BCUT2D eigenvalue weighted by Gasteiger charge is -2.16. The molecule has 0 aliphatic rings. The lowest BCUT2D eigenvalue weighted by molar-refractivity contribution is -0.0970. The van der Waals surface area contributed by atoms with Gasteiger partial charge in [0.25, 0.3) is 0 Å². The molecule has 0 spiro atoms. The quantitative estimate of drug-likeness (QED) is 0.749. The number of hydrogen-bond acceptors (Lipinski definition) is 7. The third-order valence-electron chi connectivity index (χ3n) is 3.53. The van der Waals surface area contributed by atoms with Crippen LogP contribution in [0.1, 0.15) is 32.3 Å². The fraction of sp³-hybridized carbons (Fsp3) is 0.529. The number of aryl methyl sites for hydroxylation is 1. The molecular weight excluding hydrogens is 354 g/mol. The van der Waals surface area contributed by atoms with Gasteiger partial charge in [0, 0.05) is 25.8 Å². The average molecular weight is 379 g/mol. The van der Waals surface area contributed by atoms with Crippen LogP contribution < -0.4 is 10.6 Å². The van der Waals surface area contributed by atoms with Crippen LogP contribution in [0.5, 0.6) is 0 Å². The Kier molecular flexibility index (Phi) is 6.63. The minimum Gasteiger partial charge on any atom is -0.354 e. The highest BCUT2D eigenvalue weighted by Gasteiger charge is 2.20. The molecule has 0 unspecified atom stereocenters. The van der Waals surface area contributed by atoms with Gasteiger partial charge in [0.2, 0.25) is 0 Å². The molecule has 0 aliphatic heterocycles. The maximum atomic E-state index is 12.0. The number of nitrogens with one attached hydrogen (secondary N) is 2. The van der Waals surface area contributed by atoms with Crippen molar-refractivity contribution in [3.63, 3.8) is 0 Å². The van der Waals surface area contributed by atoms with Crippen molar-refractivity contribution >= 4 is 22.5 Å². The lowest BCUT2D eigenvalue weighted by atomic mass is 9.95. The Morgan fingerprint density at radius 1 is 1.27 bits per heavy atom. The second-order valence-electron chi connectivity index (χ2n) is 6.69. The van der Waals surface area contributed by atoms with E-state index in [1.165, 1.54) is 25.6 Å². The number of anilines is 1. The van der Waals surface area contributed by atoms with E-state index in [1.54, 1.807) is 6.20 Å². The summed E-state index contributed by atoms with van der Waals surface area (Å²) in [5, 5.41) is 5.89. The summed E-state index contributed by atoms with van der Waals surface area (Å²) in [6, 6.07) is 1.48. The van der Waals surface area contributed by atoms with Gasteiger partial charge in [-0.1, -0.05) is 32.1 Å². The Bertz CT molecular complexity index is 753. The molecule has 0 bridgehead atoms. The Hall–Kier alpha value is -2.10. The second-order valence-corrected chi connectivity index (χ2v) is 7.68. The van der Waals surface area contributed by atoms with Gasteiger partial charge in [-0.25, -0.2) is 19.7 Å². The molecule has 26 heavy (non-hydrogen) atoms. The van der Waals surface area contributed by atoms with Crippen LogP contribution >= 0.6 is 11.3 Å². The van der Waals surface area contributed by atoms with E-state index in [1.807, 2.05) is 13.0 Å². The lowest BCUT2D eigenvalue weighted by Crippen LogP contribution is -2.36. The fourth-order valence-corrected chi connectivity index (χ4v) is 3.05. The van der Waals surface area contributed by atoms with Gasteiger partial charge in [-0.2, -0.15) is 0 Å². The Morgan fingerprint density at radius 3 is 2.58 bits per heavy atom. The summed E-state index contributed by atoms with van der Waals surface area (Å²) in [7, 11) is 3.02. The number of methoxy groups -OCH3 is 2. The Morgan fingerprint density at radius 2 is 1.96 bits per heavy atom. The minimum atomic E-state index is -0.494. The van der Waals surface area contributed by atoms with Crippen LogP contribution in [-0.2, 0) is 14.9 Å². The number of carbonyl (C=O) groups excluding carboxylic acids is 1. The molecule has 0 fully saturated rings. The van der Waals surface area contributed by atoms with Crippen molar-refractivity contribution in [2.24, 2.45) is 0 Å². The summed E-state index contributed by atoms with van der Waals surface area (Å²) >= 11 is 1.37. The molecule has 0 atom stereocenters. The van der Waals surface area contributed by atoms with Gasteiger partial charge in [0.15, 0.2) is 11.4 Å². The van der Waals surface area contributed by atoms with Gasteiger partial charge in [-0.3, -0.25) is 5.32 Å². The number of thiazole rings is 1. The molecule has 0 aliphatic carbocycles. The van der Waals surface area contributed by atoms with E-state index in [0.717, 1.165) is 22.1 Å². The third kappa shape index (κ3) is 5.20. The highest BCUT2D eigenvalue weighted by Crippen LogP contribution is 2.32. The first kappa shape index (κ1) is 20.2. The van der Waals surface area contributed by atoms with E-state index in [0.29, 0.717) is 5.13 Å². The molecule has 0 saturated heterocycles. The van der Waals surface area contributed by atoms with Gasteiger partial charge in [0.1, 0.15) is 5.82 Å². The highest BCUT2D eigenvalue weighted by atomic mass is 32.1. The van der Waals surface area contributed by atoms with Crippen molar-refractivity contribution in [3.05, 3.63) is 23.8 Å². The molecule has 142 valence electrons. The van der Waals surface area contributed by atoms with Crippen molar-refractivity contribution in [1.82, 2.24) is 20.3 Å². The first-order valence-electron chi connectivity index (χ1n) is 8.16. The van der Waals surface area contributed by atoms with Crippen LogP contribution in [0.25, 0.3) is 10.6 Å². The number of urea groups is 1. The molecule has 0 radical (unpaired) electrons. The molecule has 8 nitrogen and oxygen atoms in total. The zero-order chi connectivity index (χ0) is 19.3. The summed E-state index contributed by atoms with van der Waals surface area (Å²) < 4.78 is 10.1. The fourth-order valence-electron chi connectivity index (χ4n) is 2.11. The smallest absolute Gasteiger partial charge is 0.321 e. The number of carbonyl (C=O) groups is 1. The van der Waals surface area contributed by atoms with Crippen LogP contribution in [0.4, 0.5) is 9.93 Å². The summed E-state index contributed by atoms with van der Waals surface area (Å²) in [6.45, 7) is 8.32. The zero-order valence-corrected chi connectivity index (χ0v) is 16.7. The van der Waals surface area contributed by atoms with Gasteiger partial charge in [0.05, 0.1) is 22.8 Å². The van der Waals surface area contributed by atoms with Crippen LogP contribution in [0.2, 0.25) is 0 Å². The molecule has 2 rings (SSSR count). The highest BCUT2D eigenvalue weighted by molar-refractivity contribution is 7.19. The van der Waals surface area contributed by atoms with Gasteiger partial charge >= 0.3 is 6.03 Å². The standard InChI is InChI=1S/C17H25N5O3S/c1-10-13(11-7-8-18-14(21-11)17(2,3)4)26-16(20-10)22-15(23)19-9-12(24-5)25-6/h7-8,12H,9H2,1-6H3,(H2,19,20,22,23). The molecule has 0 aromatic carbocycles. The van der Waals surface area contributed by atoms with Crippen molar-refractivity contribution in [2.45, 2.75) is 39.4 Å². The third-order valence-corrected chi connectivity index (χ3v) is 4.63. The monoisotopic (exact) mass is 379 g/mol. The predicted octanol–water partition coefficient (Wildman–Crippen LogP) is 2.95. The van der Waals surface area contributed by atoms with Crippen LogP contribution in [0, 0.1) is 6.92 Å². The van der Waals surface area contributed by atoms with E-state index in [4.69, 9.17) is 9.47 Å². The Labute approximate surface area is 157 Å². The van der Waals surface area contributed by atoms with E-state index in [-0.39, 0.29) is 18.0 Å². The first-order chi connectivity index (χ1) is 12.2. The maximum Gasteiger partial charge on any atom is 0.321 e. The summed E-state index contributed by atoms with van der Waals surface area (Å²) in [5.41, 5.74) is 1.46. The van der Waals surface area contributed by atoms with E-state index in [9.17, 15) is 4.79 Å². The van der Waals surface area contributed by atoms with Gasteiger partial charge in [-0.05, 0) is 13.0 Å². The van der Waals surface area contributed by atoms with E-state index in [2.05, 4.69) is 46.4 Å². The molecular formula is C17H25N5O3S. The zero-order valence-electron chi connectivity index (χ0n) is 15.9. The van der Waals surface area contributed by atoms with E-state index < -0.39 is 6.29 Å². The van der Waals surface area contributed by atoms with Crippen LogP contribution in [-0.4, -0.2) is 48.0 Å². The van der Waals surface area contributed by atoms with Crippen LogP contribution in [0.15, 0.2) is 12.3 Å². The molecule has 9 heteroatoms. The normalized spacial score (nSPS) is 11.7. The molecule has 2 heterocycles. The molecule has 0 saturated carbocycles. The maximum absolute atomic E-state index is 12.0. The number of amides is 2.